The van der Waals surface area contributed by atoms with E-state index in [2.05, 4.69) is 160 Å². The second-order valence-corrected chi connectivity index (χ2v) is 22.5. The lowest BCUT2D eigenvalue weighted by Crippen LogP contribution is -2.28. The smallest absolute Gasteiger partial charge is 0.306 e. The molecule has 0 spiro atoms. The predicted molar refractivity (Wildman–Crippen MR) is 361 cm³/mol. The van der Waals surface area contributed by atoms with Crippen LogP contribution >= 0.6 is 0 Å². The first-order valence-corrected chi connectivity index (χ1v) is 34.4. The van der Waals surface area contributed by atoms with Gasteiger partial charge in [0.15, 0.2) is 6.10 Å². The fourth-order valence-electron chi connectivity index (χ4n) is 9.57. The van der Waals surface area contributed by atoms with E-state index in [1.165, 1.54) is 161 Å². The number of esters is 2. The van der Waals surface area contributed by atoms with Crippen molar-refractivity contribution in [2.45, 2.75) is 315 Å². The van der Waals surface area contributed by atoms with Crippen molar-refractivity contribution in [2.24, 2.45) is 0 Å². The summed E-state index contributed by atoms with van der Waals surface area (Å²) in [5.74, 6) is -0.604. The number of carbonyl (C=O) groups is 2. The highest BCUT2D eigenvalue weighted by atomic mass is 16.6. The minimum absolute atomic E-state index is 0.0769. The molecule has 0 aliphatic carbocycles. The Morgan fingerprint density at radius 3 is 0.732 bits per heavy atom. The maximum atomic E-state index is 12.4. The van der Waals surface area contributed by atoms with Crippen LogP contribution in [0.4, 0.5) is 0 Å². The first-order valence-electron chi connectivity index (χ1n) is 34.4. The van der Waals surface area contributed by atoms with Gasteiger partial charge >= 0.3 is 11.9 Å². The van der Waals surface area contributed by atoms with Crippen LogP contribution in [0.3, 0.4) is 0 Å². The first kappa shape index (κ1) is 77.8. The Balaban J connectivity index is 3.50. The molecule has 0 bridgehead atoms. The average molecular weight is 1130 g/mol. The van der Waals surface area contributed by atoms with Crippen molar-refractivity contribution in [3.05, 3.63) is 146 Å². The van der Waals surface area contributed by atoms with Gasteiger partial charge in [-0.3, -0.25) is 9.59 Å². The van der Waals surface area contributed by atoms with Gasteiger partial charge in [-0.1, -0.05) is 327 Å². The normalized spacial score (nSPS) is 13.2. The van der Waals surface area contributed by atoms with Crippen LogP contribution in [0.1, 0.15) is 309 Å². The highest BCUT2D eigenvalue weighted by Gasteiger charge is 2.16. The van der Waals surface area contributed by atoms with E-state index in [1.807, 2.05) is 0 Å². The van der Waals surface area contributed by atoms with Crippen LogP contribution in [0.25, 0.3) is 0 Å². The van der Waals surface area contributed by atoms with E-state index < -0.39 is 6.10 Å². The number of hydrogen-bond donors (Lipinski definition) is 1. The van der Waals surface area contributed by atoms with Gasteiger partial charge in [0, 0.05) is 12.8 Å². The van der Waals surface area contributed by atoms with Gasteiger partial charge in [-0.15, -0.1) is 0 Å². The maximum Gasteiger partial charge on any atom is 0.306 e. The summed E-state index contributed by atoms with van der Waals surface area (Å²) in [6.07, 6.45) is 107. The summed E-state index contributed by atoms with van der Waals surface area (Å²) in [5, 5.41) is 9.70. The van der Waals surface area contributed by atoms with Crippen molar-refractivity contribution in [2.75, 3.05) is 13.2 Å². The largest absolute Gasteiger partial charge is 0.462 e. The Morgan fingerprint density at radius 2 is 0.488 bits per heavy atom. The van der Waals surface area contributed by atoms with Gasteiger partial charge in [0.25, 0.3) is 0 Å². The van der Waals surface area contributed by atoms with Gasteiger partial charge in [0.05, 0.1) is 6.61 Å². The zero-order valence-corrected chi connectivity index (χ0v) is 53.5. The maximum absolute atomic E-state index is 12.4. The quantitative estimate of drug-likeness (QED) is 0.0373. The lowest BCUT2D eigenvalue weighted by atomic mass is 10.0. The molecule has 0 fully saturated rings. The molecule has 0 radical (unpaired) electrons. The van der Waals surface area contributed by atoms with E-state index in [0.717, 1.165) is 122 Å². The molecule has 1 unspecified atom stereocenters. The van der Waals surface area contributed by atoms with E-state index >= 15 is 0 Å². The minimum Gasteiger partial charge on any atom is -0.462 e. The summed E-state index contributed by atoms with van der Waals surface area (Å²) in [4.78, 5) is 24.6. The third-order valence-corrected chi connectivity index (χ3v) is 14.6. The highest BCUT2D eigenvalue weighted by molar-refractivity contribution is 5.70. The van der Waals surface area contributed by atoms with E-state index in [-0.39, 0.29) is 25.2 Å². The minimum atomic E-state index is -0.790. The fraction of sp³-hybridized carbons (Fsp3) is 0.662. The number of aliphatic hydroxyl groups is 1. The summed E-state index contributed by atoms with van der Waals surface area (Å²) >= 11 is 0. The Hall–Kier alpha value is -4.22. The molecule has 1 N–H and O–H groups in total. The van der Waals surface area contributed by atoms with Crippen molar-refractivity contribution < 1.29 is 24.2 Å². The Kier molecular flexibility index (Phi) is 67.4. The number of allylic oxidation sites excluding steroid dienone is 24. The summed E-state index contributed by atoms with van der Waals surface area (Å²) in [7, 11) is 0. The lowest BCUT2D eigenvalue weighted by Gasteiger charge is -2.15. The molecule has 0 aromatic carbocycles. The monoisotopic (exact) mass is 1130 g/mol. The molecule has 0 aliphatic rings. The average Bonchev–Trinajstić information content (AvgIpc) is 3.49. The number of unbranched alkanes of at least 4 members (excludes halogenated alkanes) is 30. The van der Waals surface area contributed by atoms with Crippen LogP contribution in [-0.2, 0) is 19.1 Å². The van der Waals surface area contributed by atoms with E-state index in [0.29, 0.717) is 12.8 Å². The molecule has 1 atom stereocenters. The number of ether oxygens (including phenoxy) is 2. The van der Waals surface area contributed by atoms with Crippen LogP contribution in [-0.4, -0.2) is 36.4 Å². The van der Waals surface area contributed by atoms with Gasteiger partial charge < -0.3 is 14.6 Å². The van der Waals surface area contributed by atoms with Crippen LogP contribution in [0.15, 0.2) is 146 Å². The number of hydrogen-bond acceptors (Lipinski definition) is 5. The van der Waals surface area contributed by atoms with E-state index in [1.54, 1.807) is 0 Å². The zero-order valence-electron chi connectivity index (χ0n) is 53.5. The molecule has 82 heavy (non-hydrogen) atoms. The molecule has 0 rings (SSSR count). The van der Waals surface area contributed by atoms with Crippen molar-refractivity contribution in [1.82, 2.24) is 0 Å². The van der Waals surface area contributed by atoms with Gasteiger partial charge in [-0.2, -0.15) is 0 Å². The van der Waals surface area contributed by atoms with Gasteiger partial charge in [0.2, 0.25) is 0 Å². The second kappa shape index (κ2) is 71.0. The fourth-order valence-corrected chi connectivity index (χ4v) is 9.57. The number of carbonyl (C=O) groups excluding carboxylic acids is 2. The van der Waals surface area contributed by atoms with Crippen LogP contribution in [0, 0.1) is 0 Å². The highest BCUT2D eigenvalue weighted by Crippen LogP contribution is 2.17. The molecule has 466 valence electrons. The molecule has 5 nitrogen and oxygen atoms in total. The van der Waals surface area contributed by atoms with Crippen molar-refractivity contribution in [1.29, 1.82) is 0 Å². The third kappa shape index (κ3) is 68.3. The molecule has 0 aliphatic heterocycles. The number of rotatable bonds is 62. The number of aliphatic hydroxyl groups excluding tert-OH is 1. The summed E-state index contributed by atoms with van der Waals surface area (Å²) < 4.78 is 10.7. The van der Waals surface area contributed by atoms with Crippen molar-refractivity contribution >= 4 is 11.9 Å². The summed E-state index contributed by atoms with van der Waals surface area (Å²) in [5.41, 5.74) is 0. The second-order valence-electron chi connectivity index (χ2n) is 22.5. The molecular weight excluding hydrogens is 1000 g/mol. The standard InChI is InChI=1S/C77H128O5/c1-3-5-7-9-11-13-15-17-19-21-23-25-27-29-31-33-35-36-37-38-39-40-42-43-45-47-49-51-53-55-57-59-61-63-65-67-69-71-76(79)81-74-75(73-78)82-77(80)72-70-68-66-64-62-60-58-56-54-52-50-48-46-44-41-34-32-30-28-26-24-22-20-18-16-14-12-10-8-6-4-2/h5-8,11-14,17-20,23-26,30,32,41,44,48,50,54,56,75,78H,3-4,9-10,15-16,21-22,27-29,31,33-40,42-43,45-47,49,51-53,55,57-74H2,1-2H3/b7-5-,8-6-,13-11-,14-12-,19-17-,20-18-,25-23-,26-24-,32-30-,44-41-,50-48-,56-54-. The van der Waals surface area contributed by atoms with Gasteiger partial charge in [-0.25, -0.2) is 0 Å². The molecule has 0 aromatic rings. The van der Waals surface area contributed by atoms with E-state index in [9.17, 15) is 14.7 Å². The SMILES string of the molecule is CC/C=C\C/C=C\C/C=C\C/C=C\C/C=C\C/C=C\C/C=C\C/C=C\CCCCCCCCC(=O)OC(CO)COC(=O)CCCCCCCCCCCCCCCCCCCCCCCCCC/C=C\C/C=C\C/C=C\C/C=C\CC. The summed E-state index contributed by atoms with van der Waals surface area (Å²) in [6.45, 7) is 3.92. The molecule has 0 saturated heterocycles. The third-order valence-electron chi connectivity index (χ3n) is 14.6. The van der Waals surface area contributed by atoms with Crippen LogP contribution < -0.4 is 0 Å². The Morgan fingerprint density at radius 1 is 0.280 bits per heavy atom. The molecule has 0 amide bonds. The molecular formula is C77H128O5. The first-order chi connectivity index (χ1) is 40.6. The molecule has 5 heteroatoms. The van der Waals surface area contributed by atoms with E-state index in [4.69, 9.17) is 9.47 Å². The Bertz CT molecular complexity index is 1710. The Labute approximate surface area is 508 Å². The lowest BCUT2D eigenvalue weighted by molar-refractivity contribution is -0.161. The summed E-state index contributed by atoms with van der Waals surface area (Å²) in [6, 6.07) is 0. The topological polar surface area (TPSA) is 72.8 Å². The van der Waals surface area contributed by atoms with Crippen molar-refractivity contribution in [3.8, 4) is 0 Å². The van der Waals surface area contributed by atoms with Crippen molar-refractivity contribution in [3.63, 3.8) is 0 Å². The van der Waals surface area contributed by atoms with Crippen LogP contribution in [0.2, 0.25) is 0 Å². The van der Waals surface area contributed by atoms with Crippen LogP contribution in [0.5, 0.6) is 0 Å². The van der Waals surface area contributed by atoms with Gasteiger partial charge in [-0.05, 0) is 116 Å². The predicted octanol–water partition coefficient (Wildman–Crippen LogP) is 24.1. The molecule has 0 heterocycles. The van der Waals surface area contributed by atoms with Gasteiger partial charge in [0.1, 0.15) is 6.61 Å². The zero-order chi connectivity index (χ0) is 59.1. The molecule has 0 saturated carbocycles. The molecule has 0 aromatic heterocycles.